The lowest BCUT2D eigenvalue weighted by molar-refractivity contribution is -0.301. The molecular formula is C67H106O12. The highest BCUT2D eigenvalue weighted by molar-refractivity contribution is 5.74. The van der Waals surface area contributed by atoms with Gasteiger partial charge in [-0.25, -0.2) is 4.79 Å². The molecule has 1 fully saturated rings. The van der Waals surface area contributed by atoms with Crippen LogP contribution < -0.4 is 0 Å². The smallest absolute Gasteiger partial charge is 0.335 e. The van der Waals surface area contributed by atoms with Crippen molar-refractivity contribution in [3.05, 3.63) is 122 Å². The number of allylic oxidation sites excluding steroid dienone is 20. The average Bonchev–Trinajstić information content (AvgIpc) is 3.46. The van der Waals surface area contributed by atoms with Crippen molar-refractivity contribution in [1.29, 1.82) is 0 Å². The van der Waals surface area contributed by atoms with Gasteiger partial charge in [0.15, 0.2) is 24.6 Å². The summed E-state index contributed by atoms with van der Waals surface area (Å²) in [6.45, 7) is 5.68. The lowest BCUT2D eigenvalue weighted by Gasteiger charge is -2.40. The minimum atomic E-state index is -1.93. The molecule has 3 N–H and O–H groups in total. The van der Waals surface area contributed by atoms with Crippen LogP contribution in [0.1, 0.15) is 226 Å². The second-order valence-corrected chi connectivity index (χ2v) is 20.2. The van der Waals surface area contributed by atoms with Crippen LogP contribution >= 0.6 is 0 Å². The van der Waals surface area contributed by atoms with Crippen LogP contribution in [0, 0.1) is 0 Å². The van der Waals surface area contributed by atoms with E-state index in [1.807, 2.05) is 12.2 Å². The number of unbranched alkanes of at least 4 members (excludes halogenated alkanes) is 16. The molecule has 0 spiro atoms. The molecule has 0 radical (unpaired) electrons. The number of carboxylic acids is 1. The summed E-state index contributed by atoms with van der Waals surface area (Å²) in [5.41, 5.74) is 0. The molecule has 6 unspecified atom stereocenters. The highest BCUT2D eigenvalue weighted by atomic mass is 16.7. The second kappa shape index (κ2) is 53.7. The summed E-state index contributed by atoms with van der Waals surface area (Å²) in [5, 5.41) is 31.5. The van der Waals surface area contributed by atoms with Crippen LogP contribution in [0.15, 0.2) is 122 Å². The van der Waals surface area contributed by atoms with E-state index < -0.39 is 67.3 Å². The molecule has 0 aromatic carbocycles. The molecule has 0 aliphatic carbocycles. The molecule has 0 aromatic rings. The van der Waals surface area contributed by atoms with Crippen molar-refractivity contribution >= 4 is 23.9 Å². The van der Waals surface area contributed by atoms with Crippen molar-refractivity contribution in [3.8, 4) is 0 Å². The first-order valence-corrected chi connectivity index (χ1v) is 30.5. The molecule has 1 heterocycles. The minimum absolute atomic E-state index is 0.0278. The Kier molecular flexibility index (Phi) is 49.1. The Bertz CT molecular complexity index is 1840. The van der Waals surface area contributed by atoms with Gasteiger partial charge in [0.25, 0.3) is 0 Å². The lowest BCUT2D eigenvalue weighted by Crippen LogP contribution is -2.61. The van der Waals surface area contributed by atoms with Crippen molar-refractivity contribution < 1.29 is 58.2 Å². The summed E-state index contributed by atoms with van der Waals surface area (Å²) >= 11 is 0. The number of hydrogen-bond donors (Lipinski definition) is 3. The first-order valence-electron chi connectivity index (χ1n) is 30.5. The third-order valence-electron chi connectivity index (χ3n) is 13.0. The van der Waals surface area contributed by atoms with E-state index in [-0.39, 0.29) is 25.9 Å². The van der Waals surface area contributed by atoms with Gasteiger partial charge in [0.1, 0.15) is 18.8 Å². The average molecular weight is 1100 g/mol. The minimum Gasteiger partial charge on any atom is -0.479 e. The van der Waals surface area contributed by atoms with E-state index in [1.165, 1.54) is 57.8 Å². The monoisotopic (exact) mass is 1100 g/mol. The van der Waals surface area contributed by atoms with Crippen molar-refractivity contribution in [2.24, 2.45) is 0 Å². The third-order valence-corrected chi connectivity index (χ3v) is 13.0. The lowest BCUT2D eigenvalue weighted by atomic mass is 9.98. The van der Waals surface area contributed by atoms with E-state index in [4.69, 9.17) is 23.7 Å². The molecule has 1 saturated heterocycles. The van der Waals surface area contributed by atoms with Gasteiger partial charge in [0.05, 0.1) is 6.61 Å². The number of carbonyl (C=O) groups is 4. The predicted molar refractivity (Wildman–Crippen MR) is 321 cm³/mol. The van der Waals surface area contributed by atoms with E-state index in [9.17, 15) is 34.5 Å². The topological polar surface area (TPSA) is 175 Å². The van der Waals surface area contributed by atoms with Gasteiger partial charge >= 0.3 is 23.9 Å². The predicted octanol–water partition coefficient (Wildman–Crippen LogP) is 16.0. The number of rotatable bonds is 50. The SMILES string of the molecule is CC/C=C\C/C=C\C/C=C\C/C=C\C/C=C\CCCC(=O)OC1C(OCC(COC(=O)CCCCCCCCCCC/C=C\C/C=C\CCCCC)OC(=O)CCCCC/C=C\C/C=C\C/C=C\CC)OC(C(=O)O)C(O)C1O. The maximum absolute atomic E-state index is 13.1. The fourth-order valence-electron chi connectivity index (χ4n) is 8.39. The zero-order valence-corrected chi connectivity index (χ0v) is 49.1. The summed E-state index contributed by atoms with van der Waals surface area (Å²) in [7, 11) is 0. The molecule has 12 heteroatoms. The van der Waals surface area contributed by atoms with Gasteiger partial charge in [-0.05, 0) is 122 Å². The Morgan fingerprint density at radius 1 is 0.430 bits per heavy atom. The van der Waals surface area contributed by atoms with Crippen LogP contribution in [0.3, 0.4) is 0 Å². The molecule has 0 bridgehead atoms. The first kappa shape index (κ1) is 72.1. The zero-order chi connectivity index (χ0) is 57.5. The van der Waals surface area contributed by atoms with E-state index in [0.29, 0.717) is 25.7 Å². The fraction of sp³-hybridized carbons (Fsp3) is 0.642. The number of aliphatic carboxylic acids is 1. The number of esters is 3. The van der Waals surface area contributed by atoms with Crippen LogP contribution in [0.4, 0.5) is 0 Å². The fourth-order valence-corrected chi connectivity index (χ4v) is 8.39. The number of hydrogen-bond acceptors (Lipinski definition) is 11. The maximum atomic E-state index is 13.1. The van der Waals surface area contributed by atoms with Gasteiger partial charge in [-0.3, -0.25) is 14.4 Å². The summed E-state index contributed by atoms with van der Waals surface area (Å²) in [5.74, 6) is -3.26. The second-order valence-electron chi connectivity index (χ2n) is 20.2. The van der Waals surface area contributed by atoms with Gasteiger partial charge in [-0.2, -0.15) is 0 Å². The number of carboxylic acid groups (broad SMARTS) is 1. The van der Waals surface area contributed by atoms with Gasteiger partial charge in [-0.15, -0.1) is 0 Å². The number of aliphatic hydroxyl groups excluding tert-OH is 2. The molecule has 6 atom stereocenters. The Morgan fingerprint density at radius 3 is 1.27 bits per heavy atom. The van der Waals surface area contributed by atoms with Crippen molar-refractivity contribution in [2.45, 2.75) is 263 Å². The summed E-state index contributed by atoms with van der Waals surface area (Å²) < 4.78 is 28.4. The molecule has 0 saturated carbocycles. The van der Waals surface area contributed by atoms with Gasteiger partial charge in [-0.1, -0.05) is 206 Å². The number of carbonyl (C=O) groups excluding carboxylic acids is 3. The van der Waals surface area contributed by atoms with Gasteiger partial charge in [0.2, 0.25) is 0 Å². The maximum Gasteiger partial charge on any atom is 0.335 e. The Hall–Kier alpha value is -4.88. The van der Waals surface area contributed by atoms with E-state index >= 15 is 0 Å². The van der Waals surface area contributed by atoms with Crippen LogP contribution in [-0.2, 0) is 42.9 Å². The highest BCUT2D eigenvalue weighted by Gasteiger charge is 2.50. The molecule has 0 amide bonds. The Balaban J connectivity index is 2.72. The molecule has 0 aromatic heterocycles. The molecule has 12 nitrogen and oxygen atoms in total. The summed E-state index contributed by atoms with van der Waals surface area (Å²) in [4.78, 5) is 51.2. The molecular weight excluding hydrogens is 997 g/mol. The molecule has 79 heavy (non-hydrogen) atoms. The van der Waals surface area contributed by atoms with Crippen molar-refractivity contribution in [3.63, 3.8) is 0 Å². The molecule has 446 valence electrons. The number of aliphatic hydroxyl groups is 2. The van der Waals surface area contributed by atoms with Gasteiger partial charge < -0.3 is 39.0 Å². The van der Waals surface area contributed by atoms with Crippen LogP contribution in [0.5, 0.6) is 0 Å². The Morgan fingerprint density at radius 2 is 0.810 bits per heavy atom. The normalized spacial score (nSPS) is 18.7. The highest BCUT2D eigenvalue weighted by Crippen LogP contribution is 2.26. The molecule has 1 rings (SSSR count). The van der Waals surface area contributed by atoms with Crippen LogP contribution in [-0.4, -0.2) is 89.2 Å². The molecule has 1 aliphatic rings. The van der Waals surface area contributed by atoms with Crippen LogP contribution in [0.25, 0.3) is 0 Å². The first-order chi connectivity index (χ1) is 38.6. The van der Waals surface area contributed by atoms with Crippen molar-refractivity contribution in [2.75, 3.05) is 13.2 Å². The largest absolute Gasteiger partial charge is 0.479 e. The molecule has 1 aliphatic heterocycles. The van der Waals surface area contributed by atoms with Gasteiger partial charge in [0, 0.05) is 19.3 Å². The number of ether oxygens (including phenoxy) is 5. The van der Waals surface area contributed by atoms with Crippen molar-refractivity contribution in [1.82, 2.24) is 0 Å². The summed E-state index contributed by atoms with van der Waals surface area (Å²) in [6.07, 6.45) is 61.7. The van der Waals surface area contributed by atoms with E-state index in [2.05, 4.69) is 130 Å². The zero-order valence-electron chi connectivity index (χ0n) is 49.1. The quantitative estimate of drug-likeness (QED) is 0.0228. The standard InChI is InChI=1S/C67H106O12/c1-4-7-10-13-16-19-22-25-27-29-30-32-33-36-38-41-44-47-50-53-59(68)75-56-58(77-60(69)54-51-48-45-42-39-35-24-21-18-15-12-9-6-3)57-76-67-65(63(72)62(71)64(79-67)66(73)74)78-61(70)55-52-49-46-43-40-37-34-31-28-26-23-20-17-14-11-8-5-2/h8-9,11-12,16-21,25-28,34-35,37,39,43,46,58,62-65,67,71-72H,4-7,10,13-15,22-24,29-33,36,38,40-42,44-45,47-57H2,1-3H3,(H,73,74)/b11-8-,12-9-,19-16-,20-17-,21-18-,27-25-,28-26-,37-34-,39-35-,46-43-. The third kappa shape index (κ3) is 43.6. The Labute approximate surface area is 478 Å². The van der Waals surface area contributed by atoms with Crippen LogP contribution in [0.2, 0.25) is 0 Å². The van der Waals surface area contributed by atoms with E-state index in [0.717, 1.165) is 103 Å². The summed E-state index contributed by atoms with van der Waals surface area (Å²) in [6, 6.07) is 0. The van der Waals surface area contributed by atoms with E-state index in [1.54, 1.807) is 0 Å².